The molecule has 0 saturated heterocycles. The molecular formula is C15H21N3O2S. The fraction of sp³-hybridized carbons (Fsp3) is 0.333. The lowest BCUT2D eigenvalue weighted by Gasteiger charge is -2.21. The maximum Gasteiger partial charge on any atom is 0.265 e. The van der Waals surface area contributed by atoms with Crippen molar-refractivity contribution < 1.29 is 8.42 Å². The molecule has 2 aromatic rings. The number of aryl methyl sites for hydroxylation is 3. The van der Waals surface area contributed by atoms with Gasteiger partial charge in [0.05, 0.1) is 5.69 Å². The Morgan fingerprint density at radius 3 is 2.43 bits per heavy atom. The van der Waals surface area contributed by atoms with E-state index < -0.39 is 10.0 Å². The van der Waals surface area contributed by atoms with Gasteiger partial charge in [-0.3, -0.25) is 4.31 Å². The smallest absolute Gasteiger partial charge is 0.265 e. The number of aromatic nitrogens is 1. The highest BCUT2D eigenvalue weighted by Crippen LogP contribution is 2.26. The summed E-state index contributed by atoms with van der Waals surface area (Å²) in [5, 5.41) is 0. The van der Waals surface area contributed by atoms with Crippen LogP contribution in [0.5, 0.6) is 0 Å². The van der Waals surface area contributed by atoms with Crippen LogP contribution in [0.1, 0.15) is 16.8 Å². The van der Waals surface area contributed by atoms with Crippen LogP contribution in [0.3, 0.4) is 0 Å². The van der Waals surface area contributed by atoms with Crippen LogP contribution in [-0.2, 0) is 23.6 Å². The highest BCUT2D eigenvalue weighted by molar-refractivity contribution is 7.92. The summed E-state index contributed by atoms with van der Waals surface area (Å²) in [4.78, 5) is 0.257. The molecule has 0 unspecified atom stereocenters. The van der Waals surface area contributed by atoms with Crippen molar-refractivity contribution in [3.05, 3.63) is 47.3 Å². The minimum Gasteiger partial charge on any atom is -0.352 e. The quantitative estimate of drug-likeness (QED) is 0.938. The van der Waals surface area contributed by atoms with Gasteiger partial charge in [-0.1, -0.05) is 17.7 Å². The van der Waals surface area contributed by atoms with Gasteiger partial charge in [-0.25, -0.2) is 8.42 Å². The van der Waals surface area contributed by atoms with Crippen LogP contribution in [0.15, 0.2) is 35.4 Å². The van der Waals surface area contributed by atoms with Gasteiger partial charge in [0.1, 0.15) is 4.90 Å². The number of nitrogens with two attached hydrogens (primary N) is 1. The van der Waals surface area contributed by atoms with Gasteiger partial charge in [0.15, 0.2) is 0 Å². The van der Waals surface area contributed by atoms with Crippen molar-refractivity contribution in [3.63, 3.8) is 0 Å². The average Bonchev–Trinajstić information content (AvgIpc) is 2.80. The predicted molar refractivity (Wildman–Crippen MR) is 84.8 cm³/mol. The molecule has 1 aromatic carbocycles. The molecule has 0 amide bonds. The van der Waals surface area contributed by atoms with E-state index >= 15 is 0 Å². The Kier molecular flexibility index (Phi) is 4.11. The van der Waals surface area contributed by atoms with Gasteiger partial charge < -0.3 is 10.3 Å². The Hall–Kier alpha value is -1.79. The standard InChI is InChI=1S/C15H21N3O2S/c1-11-5-6-15(12(2)7-11)18(4)21(19,20)14-8-13(9-16)17(3)10-14/h5-8,10H,9,16H2,1-4H3. The average molecular weight is 307 g/mol. The van der Waals surface area contributed by atoms with Crippen LogP contribution in [-0.4, -0.2) is 20.0 Å². The van der Waals surface area contributed by atoms with Crippen molar-refractivity contribution in [3.8, 4) is 0 Å². The molecule has 114 valence electrons. The van der Waals surface area contributed by atoms with Crippen LogP contribution < -0.4 is 10.0 Å². The SMILES string of the molecule is Cc1ccc(N(C)S(=O)(=O)c2cc(CN)n(C)c2)c(C)c1. The van der Waals surface area contributed by atoms with E-state index in [2.05, 4.69) is 0 Å². The van der Waals surface area contributed by atoms with E-state index in [4.69, 9.17) is 5.73 Å². The largest absolute Gasteiger partial charge is 0.352 e. The van der Waals surface area contributed by atoms with Crippen LogP contribution in [0.2, 0.25) is 0 Å². The molecule has 6 heteroatoms. The van der Waals surface area contributed by atoms with Gasteiger partial charge in [0.25, 0.3) is 10.0 Å². The van der Waals surface area contributed by atoms with Crippen LogP contribution in [0.25, 0.3) is 0 Å². The Morgan fingerprint density at radius 2 is 1.90 bits per heavy atom. The maximum absolute atomic E-state index is 12.7. The third kappa shape index (κ3) is 2.82. The summed E-state index contributed by atoms with van der Waals surface area (Å²) >= 11 is 0. The lowest BCUT2D eigenvalue weighted by Crippen LogP contribution is -2.27. The molecule has 2 N–H and O–H groups in total. The van der Waals surface area contributed by atoms with Gasteiger partial charge in [0.2, 0.25) is 0 Å². The van der Waals surface area contributed by atoms with Crippen molar-refractivity contribution in [2.24, 2.45) is 12.8 Å². The van der Waals surface area contributed by atoms with Crippen molar-refractivity contribution in [1.82, 2.24) is 4.57 Å². The predicted octanol–water partition coefficient (Wildman–Crippen LogP) is 1.93. The van der Waals surface area contributed by atoms with Gasteiger partial charge in [-0.2, -0.15) is 0 Å². The molecule has 0 atom stereocenters. The number of nitrogens with zero attached hydrogens (tertiary/aromatic N) is 2. The molecule has 0 aliphatic carbocycles. The Balaban J connectivity index is 2.47. The molecular weight excluding hydrogens is 286 g/mol. The molecule has 5 nitrogen and oxygen atoms in total. The van der Waals surface area contributed by atoms with Crippen molar-refractivity contribution in [2.45, 2.75) is 25.3 Å². The topological polar surface area (TPSA) is 68.3 Å². The first-order chi connectivity index (χ1) is 9.77. The van der Waals surface area contributed by atoms with Crippen molar-refractivity contribution >= 4 is 15.7 Å². The minimum atomic E-state index is -3.58. The van der Waals surface area contributed by atoms with E-state index in [9.17, 15) is 8.42 Å². The Bertz CT molecular complexity index is 763. The van der Waals surface area contributed by atoms with Gasteiger partial charge in [-0.05, 0) is 31.5 Å². The molecule has 1 aromatic heterocycles. The second-order valence-corrected chi connectivity index (χ2v) is 7.21. The molecule has 0 fully saturated rings. The van der Waals surface area contributed by atoms with Gasteiger partial charge >= 0.3 is 0 Å². The summed E-state index contributed by atoms with van der Waals surface area (Å²) in [6, 6.07) is 7.33. The number of hydrogen-bond acceptors (Lipinski definition) is 3. The normalized spacial score (nSPS) is 11.7. The van der Waals surface area contributed by atoms with Gasteiger partial charge in [-0.15, -0.1) is 0 Å². The highest BCUT2D eigenvalue weighted by Gasteiger charge is 2.24. The van der Waals surface area contributed by atoms with E-state index in [-0.39, 0.29) is 4.90 Å². The summed E-state index contributed by atoms with van der Waals surface area (Å²) in [6.07, 6.45) is 1.59. The molecule has 2 rings (SSSR count). The first kappa shape index (κ1) is 15.6. The van der Waals surface area contributed by atoms with Crippen LogP contribution in [0.4, 0.5) is 5.69 Å². The zero-order valence-electron chi connectivity index (χ0n) is 12.8. The number of sulfonamides is 1. The van der Waals surface area contributed by atoms with E-state index in [0.29, 0.717) is 12.2 Å². The summed E-state index contributed by atoms with van der Waals surface area (Å²) in [7, 11) is -0.221. The molecule has 0 radical (unpaired) electrons. The molecule has 0 aliphatic heterocycles. The third-order valence-corrected chi connectivity index (χ3v) is 5.38. The van der Waals surface area contributed by atoms with E-state index in [1.807, 2.05) is 32.0 Å². The molecule has 0 spiro atoms. The number of rotatable bonds is 4. The first-order valence-corrected chi connectivity index (χ1v) is 8.13. The zero-order chi connectivity index (χ0) is 15.8. The highest BCUT2D eigenvalue weighted by atomic mass is 32.2. The number of benzene rings is 1. The Labute approximate surface area is 126 Å². The van der Waals surface area contributed by atoms with Gasteiger partial charge in [0, 0.05) is 32.5 Å². The summed E-state index contributed by atoms with van der Waals surface area (Å²) < 4.78 is 28.5. The second kappa shape index (κ2) is 5.54. The van der Waals surface area contributed by atoms with Crippen molar-refractivity contribution in [2.75, 3.05) is 11.4 Å². The molecule has 0 saturated carbocycles. The van der Waals surface area contributed by atoms with Crippen molar-refractivity contribution in [1.29, 1.82) is 0 Å². The van der Waals surface area contributed by atoms with E-state index in [0.717, 1.165) is 16.8 Å². The number of anilines is 1. The summed E-state index contributed by atoms with van der Waals surface area (Å²) in [5.74, 6) is 0. The molecule has 1 heterocycles. The minimum absolute atomic E-state index is 0.257. The Morgan fingerprint density at radius 1 is 1.24 bits per heavy atom. The molecule has 0 aliphatic rings. The lowest BCUT2D eigenvalue weighted by atomic mass is 10.1. The fourth-order valence-corrected chi connectivity index (χ4v) is 3.72. The summed E-state index contributed by atoms with van der Waals surface area (Å²) in [6.45, 7) is 4.19. The summed E-state index contributed by atoms with van der Waals surface area (Å²) in [5.41, 5.74) is 9.10. The van der Waals surface area contributed by atoms with Crippen LogP contribution >= 0.6 is 0 Å². The maximum atomic E-state index is 12.7. The zero-order valence-corrected chi connectivity index (χ0v) is 13.6. The van der Waals surface area contributed by atoms with E-state index in [1.54, 1.807) is 30.9 Å². The number of hydrogen-bond donors (Lipinski definition) is 1. The monoisotopic (exact) mass is 307 g/mol. The third-order valence-electron chi connectivity index (χ3n) is 3.64. The second-order valence-electron chi connectivity index (χ2n) is 5.24. The van der Waals surface area contributed by atoms with E-state index in [1.165, 1.54) is 4.31 Å². The molecule has 0 bridgehead atoms. The first-order valence-electron chi connectivity index (χ1n) is 6.69. The molecule has 21 heavy (non-hydrogen) atoms. The van der Waals surface area contributed by atoms with Crippen LogP contribution in [0, 0.1) is 13.8 Å². The lowest BCUT2D eigenvalue weighted by molar-refractivity contribution is 0.594. The fourth-order valence-electron chi connectivity index (χ4n) is 2.37.